The third kappa shape index (κ3) is 5.29. The van der Waals surface area contributed by atoms with Gasteiger partial charge in [-0.2, -0.15) is 10.4 Å². The Bertz CT molecular complexity index is 1590. The second-order valence-electron chi connectivity index (χ2n) is 9.79. The molecular formula is C29H28FN7O2. The number of para-hydroxylation sites is 1. The standard InChI is InChI=1S/C29H28FN7O2/c1-18(2)13-19(15-31)29(38)36-12-6-7-20(16-36)37-28-25(27(32)33-17-34-28)26(35-37)23-11-10-22(14-24(23)30)39-21-8-4-3-5-9-21/h3-5,8-11,13-14,17-18,20H,6-7,12,16H2,1-2H3,(H2,32,33,34)/b19-13-/t20-/m1/s1. The summed E-state index contributed by atoms with van der Waals surface area (Å²) in [6.07, 6.45) is 4.47. The predicted octanol–water partition coefficient (Wildman–Crippen LogP) is 5.28. The van der Waals surface area contributed by atoms with E-state index in [1.54, 1.807) is 39.9 Å². The number of anilines is 1. The lowest BCUT2D eigenvalue weighted by atomic mass is 10.0. The molecule has 9 nitrogen and oxygen atoms in total. The van der Waals surface area contributed by atoms with E-state index >= 15 is 4.39 Å². The van der Waals surface area contributed by atoms with Crippen LogP contribution in [0.2, 0.25) is 0 Å². The van der Waals surface area contributed by atoms with Gasteiger partial charge in [-0.25, -0.2) is 19.0 Å². The van der Waals surface area contributed by atoms with Gasteiger partial charge in [0.2, 0.25) is 0 Å². The second-order valence-corrected chi connectivity index (χ2v) is 9.79. The Labute approximate surface area is 225 Å². The molecule has 1 amide bonds. The molecule has 1 fully saturated rings. The van der Waals surface area contributed by atoms with Crippen molar-refractivity contribution in [2.45, 2.75) is 32.7 Å². The van der Waals surface area contributed by atoms with Gasteiger partial charge in [0, 0.05) is 24.7 Å². The monoisotopic (exact) mass is 525 g/mol. The Balaban J connectivity index is 1.49. The molecule has 198 valence electrons. The van der Waals surface area contributed by atoms with Crippen LogP contribution in [-0.2, 0) is 4.79 Å². The summed E-state index contributed by atoms with van der Waals surface area (Å²) in [5.74, 6) is 0.357. The van der Waals surface area contributed by atoms with Crippen molar-refractivity contribution in [2.24, 2.45) is 5.92 Å². The maximum atomic E-state index is 15.4. The number of aromatic nitrogens is 4. The van der Waals surface area contributed by atoms with Crippen molar-refractivity contribution in [3.05, 3.63) is 72.3 Å². The number of benzene rings is 2. The number of halogens is 1. The Hall–Kier alpha value is -4.78. The van der Waals surface area contributed by atoms with Crippen molar-refractivity contribution in [1.29, 1.82) is 5.26 Å². The van der Waals surface area contributed by atoms with Crippen LogP contribution in [-0.4, -0.2) is 43.6 Å². The van der Waals surface area contributed by atoms with Gasteiger partial charge in [0.05, 0.1) is 11.4 Å². The van der Waals surface area contributed by atoms with Crippen LogP contribution in [0.5, 0.6) is 11.5 Å². The third-order valence-electron chi connectivity index (χ3n) is 6.57. The maximum absolute atomic E-state index is 15.4. The van der Waals surface area contributed by atoms with Crippen LogP contribution in [0.3, 0.4) is 0 Å². The molecule has 0 aliphatic carbocycles. The van der Waals surface area contributed by atoms with Gasteiger partial charge in [-0.3, -0.25) is 4.79 Å². The fourth-order valence-electron chi connectivity index (χ4n) is 4.81. The van der Waals surface area contributed by atoms with E-state index in [0.29, 0.717) is 47.7 Å². The average molecular weight is 526 g/mol. The first-order valence-electron chi connectivity index (χ1n) is 12.8. The summed E-state index contributed by atoms with van der Waals surface area (Å²) >= 11 is 0. The number of rotatable bonds is 6. The number of piperidine rings is 1. The molecule has 0 radical (unpaired) electrons. The molecule has 2 aromatic carbocycles. The van der Waals surface area contributed by atoms with Crippen LogP contribution in [0.15, 0.2) is 66.5 Å². The Morgan fingerprint density at radius 1 is 1.21 bits per heavy atom. The molecule has 5 rings (SSSR count). The fraction of sp³-hybridized carbons (Fsp3) is 0.276. The normalized spacial score (nSPS) is 15.9. The van der Waals surface area contributed by atoms with E-state index < -0.39 is 5.82 Å². The topological polar surface area (TPSA) is 123 Å². The van der Waals surface area contributed by atoms with Crippen molar-refractivity contribution in [3.63, 3.8) is 0 Å². The molecule has 1 aliphatic rings. The van der Waals surface area contributed by atoms with E-state index in [-0.39, 0.29) is 34.8 Å². The predicted molar refractivity (Wildman–Crippen MR) is 145 cm³/mol. The van der Waals surface area contributed by atoms with Gasteiger partial charge in [0.15, 0.2) is 5.65 Å². The van der Waals surface area contributed by atoms with Crippen LogP contribution in [0.25, 0.3) is 22.3 Å². The molecule has 39 heavy (non-hydrogen) atoms. The molecule has 1 saturated heterocycles. The summed E-state index contributed by atoms with van der Waals surface area (Å²) in [5.41, 5.74) is 7.37. The number of nitrogens with two attached hydrogens (primary N) is 1. The number of nitriles is 1. The molecule has 0 saturated carbocycles. The number of carbonyl (C=O) groups excluding carboxylic acids is 1. The van der Waals surface area contributed by atoms with Crippen molar-refractivity contribution >= 4 is 22.8 Å². The minimum atomic E-state index is -0.531. The first kappa shape index (κ1) is 25.9. The summed E-state index contributed by atoms with van der Waals surface area (Å²) in [4.78, 5) is 23.3. The summed E-state index contributed by atoms with van der Waals surface area (Å²) in [5, 5.41) is 14.7. The molecule has 2 N–H and O–H groups in total. The summed E-state index contributed by atoms with van der Waals surface area (Å²) in [6, 6.07) is 15.5. The largest absolute Gasteiger partial charge is 0.457 e. The highest BCUT2D eigenvalue weighted by atomic mass is 19.1. The van der Waals surface area contributed by atoms with Gasteiger partial charge in [-0.05, 0) is 43.0 Å². The smallest absolute Gasteiger partial charge is 0.264 e. The highest BCUT2D eigenvalue weighted by Crippen LogP contribution is 2.36. The molecule has 4 aromatic rings. The zero-order valence-electron chi connectivity index (χ0n) is 21.7. The van der Waals surface area contributed by atoms with Crippen LogP contribution in [0.1, 0.15) is 32.7 Å². The zero-order valence-corrected chi connectivity index (χ0v) is 21.7. The van der Waals surface area contributed by atoms with Gasteiger partial charge in [-0.1, -0.05) is 38.1 Å². The quantitative estimate of drug-likeness (QED) is 0.268. The minimum absolute atomic E-state index is 0.0702. The van der Waals surface area contributed by atoms with Crippen molar-refractivity contribution in [2.75, 3.05) is 18.8 Å². The number of nitrogens with zero attached hydrogens (tertiary/aromatic N) is 6. The number of hydrogen-bond donors (Lipinski definition) is 1. The van der Waals surface area contributed by atoms with E-state index in [4.69, 9.17) is 15.6 Å². The molecule has 3 heterocycles. The van der Waals surface area contributed by atoms with E-state index in [2.05, 4.69) is 9.97 Å². The second kappa shape index (κ2) is 10.9. The van der Waals surface area contributed by atoms with Crippen LogP contribution >= 0.6 is 0 Å². The number of nitrogen functional groups attached to an aromatic ring is 1. The Kier molecular flexibility index (Phi) is 7.23. The minimum Gasteiger partial charge on any atom is -0.457 e. The molecule has 0 bridgehead atoms. The number of ether oxygens (including phenoxy) is 1. The molecule has 1 aliphatic heterocycles. The highest BCUT2D eigenvalue weighted by molar-refractivity contribution is 5.99. The molecule has 1 atom stereocenters. The molecule has 2 aromatic heterocycles. The van der Waals surface area contributed by atoms with Crippen LogP contribution in [0.4, 0.5) is 10.2 Å². The zero-order chi connectivity index (χ0) is 27.5. The van der Waals surface area contributed by atoms with Gasteiger partial charge < -0.3 is 15.4 Å². The van der Waals surface area contributed by atoms with Crippen molar-refractivity contribution in [1.82, 2.24) is 24.6 Å². The van der Waals surface area contributed by atoms with E-state index in [1.807, 2.05) is 38.1 Å². The number of allylic oxidation sites excluding steroid dienone is 1. The molecule has 0 spiro atoms. The number of carbonyl (C=O) groups is 1. The fourth-order valence-corrected chi connectivity index (χ4v) is 4.81. The Morgan fingerprint density at radius 2 is 2.00 bits per heavy atom. The van der Waals surface area contributed by atoms with Crippen molar-refractivity contribution in [3.8, 4) is 28.8 Å². The molecular weight excluding hydrogens is 497 g/mol. The molecule has 10 heteroatoms. The number of hydrogen-bond acceptors (Lipinski definition) is 7. The number of amides is 1. The van der Waals surface area contributed by atoms with Crippen molar-refractivity contribution < 1.29 is 13.9 Å². The molecule has 0 unspecified atom stereocenters. The average Bonchev–Trinajstić information content (AvgIpc) is 3.33. The SMILES string of the molecule is CC(C)/C=C(/C#N)C(=O)N1CCC[C@@H](n2nc(-c3ccc(Oc4ccccc4)cc3F)c3c(N)ncnc32)C1. The lowest BCUT2D eigenvalue weighted by Gasteiger charge is -2.33. The first-order valence-corrected chi connectivity index (χ1v) is 12.8. The summed E-state index contributed by atoms with van der Waals surface area (Å²) in [7, 11) is 0. The van der Waals surface area contributed by atoms with E-state index in [0.717, 1.165) is 6.42 Å². The number of likely N-dealkylation sites (tertiary alicyclic amines) is 1. The van der Waals surface area contributed by atoms with Gasteiger partial charge in [0.25, 0.3) is 5.91 Å². The Morgan fingerprint density at radius 3 is 2.72 bits per heavy atom. The summed E-state index contributed by atoms with van der Waals surface area (Å²) < 4.78 is 22.9. The van der Waals surface area contributed by atoms with Crippen LogP contribution in [0, 0.1) is 23.1 Å². The van der Waals surface area contributed by atoms with Crippen LogP contribution < -0.4 is 10.5 Å². The first-order chi connectivity index (χ1) is 18.9. The highest BCUT2D eigenvalue weighted by Gasteiger charge is 2.30. The van der Waals surface area contributed by atoms with Gasteiger partial charge >= 0.3 is 0 Å². The maximum Gasteiger partial charge on any atom is 0.264 e. The van der Waals surface area contributed by atoms with E-state index in [9.17, 15) is 10.1 Å². The van der Waals surface area contributed by atoms with Gasteiger partial charge in [0.1, 0.15) is 46.8 Å². The van der Waals surface area contributed by atoms with E-state index in [1.165, 1.54) is 12.4 Å². The summed E-state index contributed by atoms with van der Waals surface area (Å²) in [6.45, 7) is 4.71. The lowest BCUT2D eigenvalue weighted by Crippen LogP contribution is -2.41. The number of fused-ring (bicyclic) bond motifs is 1. The lowest BCUT2D eigenvalue weighted by molar-refractivity contribution is -0.128. The van der Waals surface area contributed by atoms with Gasteiger partial charge in [-0.15, -0.1) is 0 Å². The third-order valence-corrected chi connectivity index (χ3v) is 6.57.